The minimum absolute atomic E-state index is 0.230. The van der Waals surface area contributed by atoms with Crippen LogP contribution in [0.25, 0.3) is 0 Å². The van der Waals surface area contributed by atoms with Gasteiger partial charge < -0.3 is 5.32 Å². The van der Waals surface area contributed by atoms with Crippen LogP contribution in [-0.2, 0) is 11.3 Å². The van der Waals surface area contributed by atoms with Gasteiger partial charge in [0.05, 0.1) is 0 Å². The van der Waals surface area contributed by atoms with Crippen molar-refractivity contribution in [1.82, 2.24) is 14.8 Å². The highest BCUT2D eigenvalue weighted by atomic mass is 16.1. The first-order valence-corrected chi connectivity index (χ1v) is 7.59. The summed E-state index contributed by atoms with van der Waals surface area (Å²) in [6.07, 6.45) is 5.87. The zero-order chi connectivity index (χ0) is 14.7. The SMILES string of the molecule is C=CC(=O)Nc1ccc(CN2CCN(C3CC3)CC2)cn1. The largest absolute Gasteiger partial charge is 0.307 e. The average Bonchev–Trinajstić information content (AvgIpc) is 3.35. The summed E-state index contributed by atoms with van der Waals surface area (Å²) in [6, 6.07) is 4.75. The summed E-state index contributed by atoms with van der Waals surface area (Å²) >= 11 is 0. The van der Waals surface area contributed by atoms with E-state index in [-0.39, 0.29) is 5.91 Å². The maximum Gasteiger partial charge on any atom is 0.248 e. The van der Waals surface area contributed by atoms with Gasteiger partial charge in [0.25, 0.3) is 0 Å². The normalized spacial score (nSPS) is 20.2. The summed E-state index contributed by atoms with van der Waals surface area (Å²) in [4.78, 5) is 20.5. The second-order valence-electron chi connectivity index (χ2n) is 5.79. The maximum atomic E-state index is 11.2. The molecule has 0 aromatic carbocycles. The lowest BCUT2D eigenvalue weighted by Gasteiger charge is -2.34. The van der Waals surface area contributed by atoms with Crippen LogP contribution in [0.5, 0.6) is 0 Å². The van der Waals surface area contributed by atoms with Gasteiger partial charge in [-0.15, -0.1) is 0 Å². The molecule has 0 bridgehead atoms. The third-order valence-electron chi connectivity index (χ3n) is 4.14. The second-order valence-corrected chi connectivity index (χ2v) is 5.79. The molecule has 1 saturated heterocycles. The molecule has 3 rings (SSSR count). The smallest absolute Gasteiger partial charge is 0.248 e. The highest BCUT2D eigenvalue weighted by Gasteiger charge is 2.30. The Balaban J connectivity index is 1.48. The Labute approximate surface area is 125 Å². The molecule has 1 N–H and O–H groups in total. The number of amides is 1. The van der Waals surface area contributed by atoms with E-state index in [2.05, 4.69) is 26.7 Å². The standard InChI is InChI=1S/C16H22N4O/c1-2-16(21)18-15-6-3-13(11-17-15)12-19-7-9-20(10-8-19)14-4-5-14/h2-3,6,11,14H,1,4-5,7-10,12H2,(H,17,18,21). The minimum atomic E-state index is -0.230. The van der Waals surface area contributed by atoms with Crippen LogP contribution in [0.15, 0.2) is 31.0 Å². The van der Waals surface area contributed by atoms with Crippen molar-refractivity contribution in [2.24, 2.45) is 0 Å². The van der Waals surface area contributed by atoms with E-state index in [1.54, 1.807) is 0 Å². The fraction of sp³-hybridized carbons (Fsp3) is 0.500. The zero-order valence-electron chi connectivity index (χ0n) is 12.3. The second kappa shape index (κ2) is 6.37. The Bertz CT molecular complexity index is 502. The number of aromatic nitrogens is 1. The molecule has 5 heteroatoms. The average molecular weight is 286 g/mol. The quantitative estimate of drug-likeness (QED) is 0.833. The van der Waals surface area contributed by atoms with Crippen LogP contribution >= 0.6 is 0 Å². The van der Waals surface area contributed by atoms with Crippen molar-refractivity contribution in [3.63, 3.8) is 0 Å². The topological polar surface area (TPSA) is 48.5 Å². The first-order chi connectivity index (χ1) is 10.2. The molecular formula is C16H22N4O. The number of carbonyl (C=O) groups excluding carboxylic acids is 1. The molecule has 5 nitrogen and oxygen atoms in total. The van der Waals surface area contributed by atoms with E-state index < -0.39 is 0 Å². The molecule has 2 aliphatic rings. The van der Waals surface area contributed by atoms with Gasteiger partial charge in [-0.3, -0.25) is 14.6 Å². The summed E-state index contributed by atoms with van der Waals surface area (Å²) in [5.41, 5.74) is 1.19. The molecule has 1 saturated carbocycles. The maximum absolute atomic E-state index is 11.2. The van der Waals surface area contributed by atoms with Gasteiger partial charge >= 0.3 is 0 Å². The molecule has 1 aliphatic heterocycles. The molecule has 1 aromatic rings. The van der Waals surface area contributed by atoms with Crippen molar-refractivity contribution >= 4 is 11.7 Å². The van der Waals surface area contributed by atoms with Gasteiger partial charge in [-0.05, 0) is 30.5 Å². The number of piperazine rings is 1. The van der Waals surface area contributed by atoms with E-state index in [0.29, 0.717) is 5.82 Å². The highest BCUT2D eigenvalue weighted by Crippen LogP contribution is 2.27. The van der Waals surface area contributed by atoms with E-state index in [1.165, 1.54) is 37.6 Å². The third-order valence-corrected chi connectivity index (χ3v) is 4.14. The predicted molar refractivity (Wildman–Crippen MR) is 82.9 cm³/mol. The summed E-state index contributed by atoms with van der Waals surface area (Å²) in [6.45, 7) is 8.99. The van der Waals surface area contributed by atoms with Gasteiger partial charge in [0.15, 0.2) is 0 Å². The number of hydrogen-bond acceptors (Lipinski definition) is 4. The predicted octanol–water partition coefficient (Wildman–Crippen LogP) is 1.49. The van der Waals surface area contributed by atoms with Crippen molar-refractivity contribution in [3.05, 3.63) is 36.5 Å². The molecule has 2 heterocycles. The third kappa shape index (κ3) is 3.89. The molecule has 112 valence electrons. The fourth-order valence-corrected chi connectivity index (χ4v) is 2.75. The van der Waals surface area contributed by atoms with Crippen LogP contribution in [0, 0.1) is 0 Å². The molecule has 0 atom stereocenters. The molecule has 0 spiro atoms. The van der Waals surface area contributed by atoms with Crippen LogP contribution < -0.4 is 5.32 Å². The van der Waals surface area contributed by atoms with E-state index in [4.69, 9.17) is 0 Å². The first kappa shape index (κ1) is 14.2. The Morgan fingerprint density at radius 1 is 1.33 bits per heavy atom. The van der Waals surface area contributed by atoms with Crippen LogP contribution in [0.3, 0.4) is 0 Å². The number of hydrogen-bond donors (Lipinski definition) is 1. The van der Waals surface area contributed by atoms with Crippen molar-refractivity contribution < 1.29 is 4.79 Å². The first-order valence-electron chi connectivity index (χ1n) is 7.59. The van der Waals surface area contributed by atoms with Crippen LogP contribution in [0.2, 0.25) is 0 Å². The summed E-state index contributed by atoms with van der Waals surface area (Å²) < 4.78 is 0. The molecule has 1 aromatic heterocycles. The van der Waals surface area contributed by atoms with Crippen LogP contribution in [0.1, 0.15) is 18.4 Å². The highest BCUT2D eigenvalue weighted by molar-refractivity contribution is 5.98. The summed E-state index contributed by atoms with van der Waals surface area (Å²) in [5, 5.41) is 2.66. The van der Waals surface area contributed by atoms with Gasteiger partial charge in [0.2, 0.25) is 5.91 Å². The minimum Gasteiger partial charge on any atom is -0.307 e. The molecule has 2 fully saturated rings. The van der Waals surface area contributed by atoms with Crippen molar-refractivity contribution in [2.75, 3.05) is 31.5 Å². The van der Waals surface area contributed by atoms with Gasteiger partial charge in [0.1, 0.15) is 5.82 Å². The van der Waals surface area contributed by atoms with E-state index in [1.807, 2.05) is 18.3 Å². The zero-order valence-corrected chi connectivity index (χ0v) is 12.3. The fourth-order valence-electron chi connectivity index (χ4n) is 2.75. The lowest BCUT2D eigenvalue weighted by molar-refractivity contribution is -0.111. The Kier molecular flexibility index (Phi) is 4.31. The monoisotopic (exact) mass is 286 g/mol. The number of carbonyl (C=O) groups is 1. The van der Waals surface area contributed by atoms with E-state index >= 15 is 0 Å². The van der Waals surface area contributed by atoms with Crippen LogP contribution in [0.4, 0.5) is 5.82 Å². The number of anilines is 1. The number of pyridine rings is 1. The number of rotatable bonds is 5. The van der Waals surface area contributed by atoms with Crippen molar-refractivity contribution in [1.29, 1.82) is 0 Å². The van der Waals surface area contributed by atoms with Gasteiger partial charge in [-0.2, -0.15) is 0 Å². The van der Waals surface area contributed by atoms with Crippen LogP contribution in [-0.4, -0.2) is 52.9 Å². The van der Waals surface area contributed by atoms with Crippen molar-refractivity contribution in [2.45, 2.75) is 25.4 Å². The van der Waals surface area contributed by atoms with Gasteiger partial charge in [0, 0.05) is 45.0 Å². The van der Waals surface area contributed by atoms with E-state index in [0.717, 1.165) is 25.7 Å². The van der Waals surface area contributed by atoms with Crippen molar-refractivity contribution in [3.8, 4) is 0 Å². The molecule has 0 unspecified atom stereocenters. The Morgan fingerprint density at radius 3 is 2.67 bits per heavy atom. The summed E-state index contributed by atoms with van der Waals surface area (Å²) in [5.74, 6) is 0.341. The molecule has 1 amide bonds. The molecule has 21 heavy (non-hydrogen) atoms. The molecular weight excluding hydrogens is 264 g/mol. The molecule has 1 aliphatic carbocycles. The Hall–Kier alpha value is -1.72. The van der Waals surface area contributed by atoms with Gasteiger partial charge in [-0.1, -0.05) is 12.6 Å². The van der Waals surface area contributed by atoms with Gasteiger partial charge in [-0.25, -0.2) is 4.98 Å². The summed E-state index contributed by atoms with van der Waals surface area (Å²) in [7, 11) is 0. The molecule has 0 radical (unpaired) electrons. The number of nitrogens with one attached hydrogen (secondary N) is 1. The number of nitrogens with zero attached hydrogens (tertiary/aromatic N) is 3. The Morgan fingerprint density at radius 2 is 2.10 bits per heavy atom. The lowest BCUT2D eigenvalue weighted by Crippen LogP contribution is -2.46. The van der Waals surface area contributed by atoms with E-state index in [9.17, 15) is 4.79 Å². The lowest BCUT2D eigenvalue weighted by atomic mass is 10.2.